The largest absolute Gasteiger partial charge is 0.464 e. The van der Waals surface area contributed by atoms with E-state index in [1.165, 1.54) is 6.92 Å². The molecule has 1 atom stereocenters. The van der Waals surface area contributed by atoms with Gasteiger partial charge in [-0.25, -0.2) is 9.78 Å². The predicted molar refractivity (Wildman–Crippen MR) is 104 cm³/mol. The number of ether oxygens (including phenoxy) is 3. The van der Waals surface area contributed by atoms with Crippen LogP contribution in [0.4, 0.5) is 5.69 Å². The van der Waals surface area contributed by atoms with Crippen molar-refractivity contribution < 1.29 is 28.6 Å². The van der Waals surface area contributed by atoms with E-state index in [0.29, 0.717) is 5.69 Å². The van der Waals surface area contributed by atoms with Gasteiger partial charge >= 0.3 is 11.9 Å². The standard InChI is InChI=1S/C21H19N3O6/c1-4-11-28-19-15-12-29-20(27)21(5-2,30-13(3)25)16(15)23-17(24-19)18(26)22-14-9-7-6-8-10-14/h1,6-10H,5,11-12H2,2-3H3,(H,22,26)/t21-/m0/s1. The van der Waals surface area contributed by atoms with E-state index in [-0.39, 0.29) is 42.6 Å². The van der Waals surface area contributed by atoms with E-state index >= 15 is 0 Å². The topological polar surface area (TPSA) is 117 Å². The second-order valence-electron chi connectivity index (χ2n) is 6.34. The van der Waals surface area contributed by atoms with Crippen molar-refractivity contribution in [2.75, 3.05) is 11.9 Å². The van der Waals surface area contributed by atoms with Crippen molar-refractivity contribution in [1.82, 2.24) is 9.97 Å². The number of hydrogen-bond donors (Lipinski definition) is 1. The smallest absolute Gasteiger partial charge is 0.357 e. The van der Waals surface area contributed by atoms with Gasteiger partial charge in [0.25, 0.3) is 11.5 Å². The maximum absolute atomic E-state index is 12.8. The van der Waals surface area contributed by atoms with Gasteiger partial charge in [0.15, 0.2) is 6.61 Å². The van der Waals surface area contributed by atoms with Gasteiger partial charge in [0.2, 0.25) is 11.7 Å². The average Bonchev–Trinajstić information content (AvgIpc) is 2.74. The fraction of sp³-hybridized carbons (Fsp3) is 0.286. The van der Waals surface area contributed by atoms with E-state index in [1.807, 2.05) is 0 Å². The third-order valence-electron chi connectivity index (χ3n) is 4.37. The molecule has 1 aromatic carbocycles. The van der Waals surface area contributed by atoms with Gasteiger partial charge in [-0.15, -0.1) is 6.42 Å². The van der Waals surface area contributed by atoms with Gasteiger partial charge in [-0.3, -0.25) is 9.59 Å². The first-order chi connectivity index (χ1) is 14.4. The van der Waals surface area contributed by atoms with Crippen LogP contribution in [0.15, 0.2) is 30.3 Å². The first-order valence-electron chi connectivity index (χ1n) is 9.12. The summed E-state index contributed by atoms with van der Waals surface area (Å²) in [6.45, 7) is 2.45. The third kappa shape index (κ3) is 3.93. The number of anilines is 1. The summed E-state index contributed by atoms with van der Waals surface area (Å²) in [4.78, 5) is 45.5. The molecule has 0 saturated carbocycles. The molecule has 0 fully saturated rings. The van der Waals surface area contributed by atoms with Gasteiger partial charge < -0.3 is 19.5 Å². The molecule has 0 unspecified atom stereocenters. The van der Waals surface area contributed by atoms with Crippen molar-refractivity contribution in [3.63, 3.8) is 0 Å². The quantitative estimate of drug-likeness (QED) is 0.569. The second kappa shape index (κ2) is 8.61. The van der Waals surface area contributed by atoms with Crippen LogP contribution in [0.1, 0.15) is 42.1 Å². The van der Waals surface area contributed by atoms with Crippen LogP contribution in [0, 0.1) is 12.3 Å². The third-order valence-corrected chi connectivity index (χ3v) is 4.37. The van der Waals surface area contributed by atoms with Crippen LogP contribution in [0.2, 0.25) is 0 Å². The number of nitrogens with zero attached hydrogens (tertiary/aromatic N) is 2. The zero-order valence-corrected chi connectivity index (χ0v) is 16.4. The van der Waals surface area contributed by atoms with Crippen molar-refractivity contribution >= 4 is 23.5 Å². The Labute approximate surface area is 172 Å². The Hall–Kier alpha value is -3.93. The second-order valence-corrected chi connectivity index (χ2v) is 6.34. The minimum Gasteiger partial charge on any atom is -0.464 e. The Morgan fingerprint density at radius 2 is 2.03 bits per heavy atom. The van der Waals surface area contributed by atoms with Crippen molar-refractivity contribution in [1.29, 1.82) is 0 Å². The number of esters is 2. The van der Waals surface area contributed by atoms with Gasteiger partial charge in [-0.2, -0.15) is 4.98 Å². The highest BCUT2D eigenvalue weighted by molar-refractivity contribution is 6.01. The molecule has 154 valence electrons. The van der Waals surface area contributed by atoms with Crippen molar-refractivity contribution in [3.05, 3.63) is 47.4 Å². The van der Waals surface area contributed by atoms with Crippen LogP contribution >= 0.6 is 0 Å². The Bertz CT molecular complexity index is 1030. The summed E-state index contributed by atoms with van der Waals surface area (Å²) in [5, 5.41) is 2.66. The van der Waals surface area contributed by atoms with Crippen LogP contribution in [-0.2, 0) is 31.3 Å². The number of cyclic esters (lactones) is 1. The summed E-state index contributed by atoms with van der Waals surface area (Å²) in [7, 11) is 0. The number of benzene rings is 1. The number of fused-ring (bicyclic) bond motifs is 1. The highest BCUT2D eigenvalue weighted by atomic mass is 16.6. The van der Waals surface area contributed by atoms with E-state index in [0.717, 1.165) is 0 Å². The number of hydrogen-bond acceptors (Lipinski definition) is 8. The fourth-order valence-electron chi connectivity index (χ4n) is 3.04. The molecule has 0 spiro atoms. The zero-order chi connectivity index (χ0) is 21.7. The Morgan fingerprint density at radius 1 is 1.30 bits per heavy atom. The Morgan fingerprint density at radius 3 is 2.67 bits per heavy atom. The zero-order valence-electron chi connectivity index (χ0n) is 16.4. The molecule has 1 aliphatic heterocycles. The Balaban J connectivity index is 2.13. The molecule has 3 rings (SSSR count). The molecule has 1 N–H and O–H groups in total. The Kier molecular flexibility index (Phi) is 5.97. The lowest BCUT2D eigenvalue weighted by Crippen LogP contribution is -2.46. The number of nitrogens with one attached hydrogen (secondary N) is 1. The number of rotatable bonds is 6. The maximum Gasteiger partial charge on any atom is 0.357 e. The predicted octanol–water partition coefficient (Wildman–Crippen LogP) is 1.97. The molecule has 9 heteroatoms. The molecule has 0 aliphatic carbocycles. The van der Waals surface area contributed by atoms with E-state index in [9.17, 15) is 14.4 Å². The first-order valence-corrected chi connectivity index (χ1v) is 9.12. The summed E-state index contributed by atoms with van der Waals surface area (Å²) in [6.07, 6.45) is 5.30. The minimum absolute atomic E-state index is 0.0198. The molecule has 1 aromatic heterocycles. The molecule has 2 heterocycles. The van der Waals surface area contributed by atoms with Gasteiger partial charge in [-0.1, -0.05) is 31.0 Å². The van der Waals surface area contributed by atoms with Crippen molar-refractivity contribution in [2.45, 2.75) is 32.5 Å². The average molecular weight is 409 g/mol. The maximum atomic E-state index is 12.8. The van der Waals surface area contributed by atoms with E-state index in [4.69, 9.17) is 20.6 Å². The molecule has 0 radical (unpaired) electrons. The van der Waals surface area contributed by atoms with Crippen LogP contribution < -0.4 is 10.1 Å². The van der Waals surface area contributed by atoms with Gasteiger partial charge in [0, 0.05) is 19.0 Å². The molecule has 1 aliphatic rings. The lowest BCUT2D eigenvalue weighted by atomic mass is 9.90. The molecular weight excluding hydrogens is 390 g/mol. The number of terminal acetylenes is 1. The number of para-hydroxylation sites is 1. The van der Waals surface area contributed by atoms with Crippen molar-refractivity contribution in [3.8, 4) is 18.2 Å². The summed E-state index contributed by atoms with van der Waals surface area (Å²) in [5.41, 5.74) is -0.977. The minimum atomic E-state index is -1.82. The summed E-state index contributed by atoms with van der Waals surface area (Å²) in [5.74, 6) is -0.115. The molecule has 30 heavy (non-hydrogen) atoms. The fourth-order valence-corrected chi connectivity index (χ4v) is 3.04. The van der Waals surface area contributed by atoms with Gasteiger partial charge in [-0.05, 0) is 12.1 Å². The van der Waals surface area contributed by atoms with Crippen LogP contribution in [0.3, 0.4) is 0 Å². The normalized spacial score (nSPS) is 17.2. The molecule has 9 nitrogen and oxygen atoms in total. The summed E-state index contributed by atoms with van der Waals surface area (Å²) >= 11 is 0. The van der Waals surface area contributed by atoms with E-state index in [1.54, 1.807) is 37.3 Å². The summed E-state index contributed by atoms with van der Waals surface area (Å²) in [6, 6.07) is 8.70. The first kappa shape index (κ1) is 20.8. The van der Waals surface area contributed by atoms with Crippen LogP contribution in [-0.4, -0.2) is 34.4 Å². The van der Waals surface area contributed by atoms with E-state index in [2.05, 4.69) is 21.2 Å². The van der Waals surface area contributed by atoms with Gasteiger partial charge in [0.1, 0.15) is 12.3 Å². The monoisotopic (exact) mass is 409 g/mol. The number of aromatic nitrogens is 2. The molecule has 0 bridgehead atoms. The highest BCUT2D eigenvalue weighted by Crippen LogP contribution is 2.39. The number of carbonyl (C=O) groups excluding carboxylic acids is 3. The molecule has 0 saturated heterocycles. The van der Waals surface area contributed by atoms with Crippen LogP contribution in [0.5, 0.6) is 5.88 Å². The van der Waals surface area contributed by atoms with E-state index < -0.39 is 23.4 Å². The number of carbonyl (C=O) groups is 3. The molecular formula is C21H19N3O6. The van der Waals surface area contributed by atoms with Crippen LogP contribution in [0.25, 0.3) is 0 Å². The molecule has 2 aromatic rings. The lowest BCUT2D eigenvalue weighted by molar-refractivity contribution is -0.188. The highest BCUT2D eigenvalue weighted by Gasteiger charge is 2.51. The van der Waals surface area contributed by atoms with Gasteiger partial charge in [0.05, 0.1) is 5.56 Å². The van der Waals surface area contributed by atoms with Crippen molar-refractivity contribution in [2.24, 2.45) is 0 Å². The lowest BCUT2D eigenvalue weighted by Gasteiger charge is -2.34. The SMILES string of the molecule is C#CCOc1nc(C(=O)Nc2ccccc2)nc2c1COC(=O)[C@@]2(CC)OC(C)=O. The molecule has 1 amide bonds. The summed E-state index contributed by atoms with van der Waals surface area (Å²) < 4.78 is 16.0. The number of amides is 1.